The maximum atomic E-state index is 14.1. The monoisotopic (exact) mass is 564 g/mol. The summed E-state index contributed by atoms with van der Waals surface area (Å²) in [5.41, 5.74) is 10.2. The van der Waals surface area contributed by atoms with Crippen molar-refractivity contribution in [3.8, 4) is 28.3 Å². The van der Waals surface area contributed by atoms with E-state index >= 15 is 0 Å². The van der Waals surface area contributed by atoms with Gasteiger partial charge in [0.25, 0.3) is 0 Å². The van der Waals surface area contributed by atoms with E-state index in [0.29, 0.717) is 49.9 Å². The number of fused-ring (bicyclic) bond motifs is 2. The van der Waals surface area contributed by atoms with Crippen LogP contribution in [0.1, 0.15) is 31.9 Å². The van der Waals surface area contributed by atoms with Gasteiger partial charge in [0.1, 0.15) is 35.2 Å². The number of aromatic nitrogens is 2. The number of carbonyl (C=O) groups excluding carboxylic acids is 1. The fourth-order valence-corrected chi connectivity index (χ4v) is 5.55. The van der Waals surface area contributed by atoms with Crippen LogP contribution in [0.2, 0.25) is 0 Å². The minimum atomic E-state index is -0.530. The second kappa shape index (κ2) is 11.9. The summed E-state index contributed by atoms with van der Waals surface area (Å²) in [7, 11) is 0. The predicted molar refractivity (Wildman–Crippen MR) is 154 cm³/mol. The third-order valence-corrected chi connectivity index (χ3v) is 7.40. The van der Waals surface area contributed by atoms with Crippen LogP contribution >= 0.6 is 11.3 Å². The van der Waals surface area contributed by atoms with E-state index in [4.69, 9.17) is 19.9 Å². The number of ether oxygens (including phenoxy) is 3. The molecule has 1 aliphatic heterocycles. The molecule has 8 nitrogen and oxygen atoms in total. The number of thiophene rings is 1. The molecular weight excluding hydrogens is 531 g/mol. The van der Waals surface area contributed by atoms with Gasteiger partial charge in [-0.15, -0.1) is 21.5 Å². The molecule has 3 heterocycles. The standard InChI is InChI=1S/C30H33FN4O4S/c1-30(2,3)39-29(36)35-11-8-19-16-20(4-5-21(19)18-35)26-24-9-15-40-28(24)27(34-33-26)23-7-6-22(31)17-25(23)38-14-13-37-12-10-32/h4-7,9,15-17H,8,10-14,18,32H2,1-3H3. The predicted octanol–water partition coefficient (Wildman–Crippen LogP) is 5.81. The van der Waals surface area contributed by atoms with Crippen LogP contribution in [0.25, 0.3) is 32.6 Å². The quantitative estimate of drug-likeness (QED) is 0.270. The molecule has 5 rings (SSSR count). The number of rotatable bonds is 8. The minimum absolute atomic E-state index is 0.260. The lowest BCUT2D eigenvalue weighted by Crippen LogP contribution is -2.39. The van der Waals surface area contributed by atoms with Gasteiger partial charge in [0.2, 0.25) is 0 Å². The lowest BCUT2D eigenvalue weighted by molar-refractivity contribution is 0.0224. The smallest absolute Gasteiger partial charge is 0.410 e. The highest BCUT2D eigenvalue weighted by Gasteiger charge is 2.26. The summed E-state index contributed by atoms with van der Waals surface area (Å²) in [5, 5.41) is 12.2. The van der Waals surface area contributed by atoms with Crippen molar-refractivity contribution in [2.24, 2.45) is 5.73 Å². The van der Waals surface area contributed by atoms with Crippen molar-refractivity contribution in [3.05, 3.63) is 64.8 Å². The van der Waals surface area contributed by atoms with Crippen molar-refractivity contribution in [3.63, 3.8) is 0 Å². The Bertz CT molecular complexity index is 1520. The topological polar surface area (TPSA) is 99.8 Å². The summed E-state index contributed by atoms with van der Waals surface area (Å²) in [6, 6.07) is 12.7. The molecule has 2 N–H and O–H groups in total. The summed E-state index contributed by atoms with van der Waals surface area (Å²) >= 11 is 1.55. The molecule has 0 bridgehead atoms. The average molecular weight is 565 g/mol. The van der Waals surface area contributed by atoms with E-state index in [0.717, 1.165) is 33.3 Å². The van der Waals surface area contributed by atoms with Gasteiger partial charge in [0.15, 0.2) is 0 Å². The zero-order valence-corrected chi connectivity index (χ0v) is 23.7. The van der Waals surface area contributed by atoms with E-state index in [1.807, 2.05) is 44.4 Å². The van der Waals surface area contributed by atoms with Crippen molar-refractivity contribution in [2.45, 2.75) is 39.3 Å². The summed E-state index contributed by atoms with van der Waals surface area (Å²) in [6.07, 6.45) is 0.433. The molecule has 0 saturated carbocycles. The van der Waals surface area contributed by atoms with Gasteiger partial charge in [-0.3, -0.25) is 0 Å². The van der Waals surface area contributed by atoms with Crippen LogP contribution in [0.4, 0.5) is 9.18 Å². The number of nitrogens with two attached hydrogens (primary N) is 1. The zero-order chi connectivity index (χ0) is 28.3. The molecule has 4 aromatic rings. The Morgan fingerprint density at radius 3 is 2.67 bits per heavy atom. The number of amides is 1. The molecule has 1 aliphatic rings. The first-order valence-corrected chi connectivity index (χ1v) is 14.2. The Morgan fingerprint density at radius 2 is 1.88 bits per heavy atom. The molecule has 0 aliphatic carbocycles. The van der Waals surface area contributed by atoms with Crippen LogP contribution in [0, 0.1) is 5.82 Å². The van der Waals surface area contributed by atoms with Crippen LogP contribution in [0.5, 0.6) is 5.75 Å². The first kappa shape index (κ1) is 27.9. The van der Waals surface area contributed by atoms with Gasteiger partial charge in [-0.2, -0.15) is 0 Å². The molecule has 0 fully saturated rings. The third kappa shape index (κ3) is 6.24. The first-order chi connectivity index (χ1) is 19.2. The van der Waals surface area contributed by atoms with E-state index in [2.05, 4.69) is 16.3 Å². The summed E-state index contributed by atoms with van der Waals surface area (Å²) < 4.78 is 31.9. The molecule has 0 radical (unpaired) electrons. The Hall–Kier alpha value is -3.60. The largest absolute Gasteiger partial charge is 0.490 e. The Labute approximate surface area is 236 Å². The average Bonchev–Trinajstić information content (AvgIpc) is 3.41. The lowest BCUT2D eigenvalue weighted by Gasteiger charge is -2.31. The summed E-state index contributed by atoms with van der Waals surface area (Å²) in [4.78, 5) is 14.3. The van der Waals surface area contributed by atoms with Crippen molar-refractivity contribution in [1.82, 2.24) is 15.1 Å². The van der Waals surface area contributed by atoms with Gasteiger partial charge >= 0.3 is 6.09 Å². The molecule has 2 aromatic heterocycles. The van der Waals surface area contributed by atoms with Crippen LogP contribution in [-0.2, 0) is 22.4 Å². The maximum absolute atomic E-state index is 14.1. The normalized spacial score (nSPS) is 13.4. The van der Waals surface area contributed by atoms with Gasteiger partial charge in [-0.1, -0.05) is 12.1 Å². The molecule has 2 aromatic carbocycles. The van der Waals surface area contributed by atoms with Crippen molar-refractivity contribution in [1.29, 1.82) is 0 Å². The number of carbonyl (C=O) groups is 1. The highest BCUT2D eigenvalue weighted by Crippen LogP contribution is 2.40. The highest BCUT2D eigenvalue weighted by atomic mass is 32.1. The van der Waals surface area contributed by atoms with Gasteiger partial charge in [0, 0.05) is 42.2 Å². The first-order valence-electron chi connectivity index (χ1n) is 13.3. The van der Waals surface area contributed by atoms with Crippen molar-refractivity contribution < 1.29 is 23.4 Å². The minimum Gasteiger partial charge on any atom is -0.490 e. The zero-order valence-electron chi connectivity index (χ0n) is 22.9. The fourth-order valence-electron chi connectivity index (χ4n) is 4.66. The van der Waals surface area contributed by atoms with Gasteiger partial charge in [-0.25, -0.2) is 9.18 Å². The lowest BCUT2D eigenvalue weighted by atomic mass is 9.95. The second-order valence-electron chi connectivity index (χ2n) is 10.6. The molecule has 40 heavy (non-hydrogen) atoms. The fraction of sp³-hybridized carbons (Fsp3) is 0.367. The van der Waals surface area contributed by atoms with Gasteiger partial charge < -0.3 is 24.8 Å². The van der Waals surface area contributed by atoms with Crippen molar-refractivity contribution in [2.75, 3.05) is 32.9 Å². The van der Waals surface area contributed by atoms with Crippen LogP contribution < -0.4 is 10.5 Å². The number of hydrogen-bond donors (Lipinski definition) is 1. The molecule has 0 spiro atoms. The maximum Gasteiger partial charge on any atom is 0.410 e. The highest BCUT2D eigenvalue weighted by molar-refractivity contribution is 7.17. The molecule has 0 atom stereocenters. The van der Waals surface area contributed by atoms with E-state index in [9.17, 15) is 9.18 Å². The van der Waals surface area contributed by atoms with E-state index in [1.165, 1.54) is 17.7 Å². The SMILES string of the molecule is CC(C)(C)OC(=O)N1CCc2cc(-c3nnc(-c4ccc(F)cc4OCCOCCN)c4sccc34)ccc2C1. The number of benzene rings is 2. The Balaban J connectivity index is 1.41. The number of nitrogens with zero attached hydrogens (tertiary/aromatic N) is 3. The number of hydrogen-bond acceptors (Lipinski definition) is 8. The second-order valence-corrected chi connectivity index (χ2v) is 11.5. The molecule has 210 valence electrons. The van der Waals surface area contributed by atoms with Crippen LogP contribution in [0.15, 0.2) is 47.8 Å². The third-order valence-electron chi connectivity index (χ3n) is 6.48. The molecular formula is C30H33FN4O4S. The van der Waals surface area contributed by atoms with Crippen molar-refractivity contribution >= 4 is 27.5 Å². The molecule has 1 amide bonds. The van der Waals surface area contributed by atoms with Gasteiger partial charge in [0.05, 0.1) is 17.9 Å². The summed E-state index contributed by atoms with van der Waals surface area (Å²) in [6.45, 7) is 8.19. The summed E-state index contributed by atoms with van der Waals surface area (Å²) in [5.74, 6) is -0.00987. The Morgan fingerprint density at radius 1 is 1.05 bits per heavy atom. The molecule has 0 unspecified atom stereocenters. The Kier molecular flexibility index (Phi) is 8.30. The van der Waals surface area contributed by atoms with E-state index < -0.39 is 11.4 Å². The molecule has 0 saturated heterocycles. The van der Waals surface area contributed by atoms with E-state index in [-0.39, 0.29) is 12.7 Å². The van der Waals surface area contributed by atoms with E-state index in [1.54, 1.807) is 22.3 Å². The van der Waals surface area contributed by atoms with Crippen LogP contribution in [-0.4, -0.2) is 59.7 Å². The van der Waals surface area contributed by atoms with Gasteiger partial charge in [-0.05, 0) is 68.0 Å². The van der Waals surface area contributed by atoms with Crippen LogP contribution in [0.3, 0.4) is 0 Å². The number of halogens is 1. The molecule has 10 heteroatoms.